The maximum absolute atomic E-state index is 9.79. The van der Waals surface area contributed by atoms with E-state index in [-0.39, 0.29) is 6.10 Å². The van der Waals surface area contributed by atoms with Crippen LogP contribution in [0.3, 0.4) is 0 Å². The number of hydrogen-bond acceptors (Lipinski definition) is 2. The zero-order valence-electron chi connectivity index (χ0n) is 9.96. The van der Waals surface area contributed by atoms with Crippen LogP contribution in [0.2, 0.25) is 0 Å². The molecule has 0 aromatic heterocycles. The first kappa shape index (κ1) is 13.9. The highest BCUT2D eigenvalue weighted by molar-refractivity contribution is 4.64. The van der Waals surface area contributed by atoms with E-state index in [0.717, 1.165) is 25.9 Å². The molecule has 0 bridgehead atoms. The van der Waals surface area contributed by atoms with Crippen LogP contribution >= 0.6 is 0 Å². The van der Waals surface area contributed by atoms with Crippen molar-refractivity contribution in [2.45, 2.75) is 58.5 Å². The van der Waals surface area contributed by atoms with Gasteiger partial charge in [-0.15, -0.1) is 0 Å². The molecule has 0 fully saturated rings. The second kappa shape index (κ2) is 9.47. The average molecular weight is 202 g/mol. The number of rotatable bonds is 9. The van der Waals surface area contributed by atoms with Crippen LogP contribution in [-0.4, -0.2) is 24.9 Å². The molecule has 14 heavy (non-hydrogen) atoms. The van der Waals surface area contributed by atoms with Crippen molar-refractivity contribution >= 4 is 0 Å². The maximum Gasteiger partial charge on any atom is 0.0566 e. The van der Waals surface area contributed by atoms with Gasteiger partial charge in [-0.1, -0.05) is 39.5 Å². The number of aliphatic hydroxyl groups excluding tert-OH is 1. The lowest BCUT2D eigenvalue weighted by Crippen LogP contribution is -2.18. The molecule has 86 valence electrons. The fourth-order valence-electron chi connectivity index (χ4n) is 1.56. The molecule has 0 aliphatic rings. The van der Waals surface area contributed by atoms with Gasteiger partial charge >= 0.3 is 0 Å². The Kier molecular flexibility index (Phi) is 9.42. The average Bonchev–Trinajstić information content (AvgIpc) is 2.20. The van der Waals surface area contributed by atoms with Gasteiger partial charge in [0.1, 0.15) is 0 Å². The molecule has 0 spiro atoms. The van der Waals surface area contributed by atoms with Crippen LogP contribution in [0.4, 0.5) is 0 Å². The Morgan fingerprint density at radius 2 is 1.86 bits per heavy atom. The van der Waals surface area contributed by atoms with E-state index in [1.807, 2.05) is 0 Å². The molecule has 0 rings (SSSR count). The van der Waals surface area contributed by atoms with E-state index < -0.39 is 0 Å². The van der Waals surface area contributed by atoms with Crippen molar-refractivity contribution in [2.75, 3.05) is 13.7 Å². The van der Waals surface area contributed by atoms with E-state index >= 15 is 0 Å². The first-order valence-electron chi connectivity index (χ1n) is 5.89. The quantitative estimate of drug-likeness (QED) is 0.582. The summed E-state index contributed by atoms with van der Waals surface area (Å²) in [6, 6.07) is 0. The Morgan fingerprint density at radius 1 is 1.14 bits per heavy atom. The van der Waals surface area contributed by atoms with Gasteiger partial charge in [-0.2, -0.15) is 0 Å². The molecular formula is C12H26O2. The Hall–Kier alpha value is -0.0800. The van der Waals surface area contributed by atoms with E-state index in [9.17, 15) is 5.11 Å². The molecule has 2 unspecified atom stereocenters. The lowest BCUT2D eigenvalue weighted by atomic mass is 9.96. The second-order valence-corrected chi connectivity index (χ2v) is 4.18. The molecule has 0 saturated carbocycles. The van der Waals surface area contributed by atoms with Gasteiger partial charge in [0.05, 0.1) is 6.10 Å². The van der Waals surface area contributed by atoms with E-state index in [2.05, 4.69) is 13.8 Å². The van der Waals surface area contributed by atoms with Crippen LogP contribution in [0.15, 0.2) is 0 Å². The SMILES string of the molecule is CCCCCCC(O)C(C)CCOC. The Labute approximate surface area is 88.7 Å². The Balaban J connectivity index is 3.36. The van der Waals surface area contributed by atoms with Gasteiger partial charge in [0.2, 0.25) is 0 Å². The highest BCUT2D eigenvalue weighted by Gasteiger charge is 2.12. The predicted octanol–water partition coefficient (Wildman–Crippen LogP) is 2.99. The summed E-state index contributed by atoms with van der Waals surface area (Å²) in [5, 5.41) is 9.79. The molecule has 0 aromatic rings. The molecule has 2 nitrogen and oxygen atoms in total. The molecule has 0 radical (unpaired) electrons. The Bertz CT molecular complexity index is 115. The maximum atomic E-state index is 9.79. The second-order valence-electron chi connectivity index (χ2n) is 4.18. The van der Waals surface area contributed by atoms with Crippen LogP contribution in [0, 0.1) is 5.92 Å². The molecule has 0 amide bonds. The third-order valence-electron chi connectivity index (χ3n) is 2.79. The first-order valence-corrected chi connectivity index (χ1v) is 5.89. The number of unbranched alkanes of at least 4 members (excludes halogenated alkanes) is 3. The van der Waals surface area contributed by atoms with Gasteiger partial charge in [-0.05, 0) is 18.8 Å². The molecule has 2 atom stereocenters. The van der Waals surface area contributed by atoms with Gasteiger partial charge in [0.25, 0.3) is 0 Å². The third-order valence-corrected chi connectivity index (χ3v) is 2.79. The smallest absolute Gasteiger partial charge is 0.0566 e. The van der Waals surface area contributed by atoms with Crippen LogP contribution < -0.4 is 0 Å². The summed E-state index contributed by atoms with van der Waals surface area (Å²) in [5.74, 6) is 0.372. The van der Waals surface area contributed by atoms with Crippen molar-refractivity contribution in [1.82, 2.24) is 0 Å². The highest BCUT2D eigenvalue weighted by atomic mass is 16.5. The number of ether oxygens (including phenoxy) is 1. The molecule has 0 heterocycles. The topological polar surface area (TPSA) is 29.5 Å². The molecule has 2 heteroatoms. The standard InChI is InChI=1S/C12H26O2/c1-4-5-6-7-8-12(13)11(2)9-10-14-3/h11-13H,4-10H2,1-3H3. The summed E-state index contributed by atoms with van der Waals surface area (Å²) in [7, 11) is 1.71. The van der Waals surface area contributed by atoms with Crippen molar-refractivity contribution in [3.63, 3.8) is 0 Å². The van der Waals surface area contributed by atoms with E-state index in [0.29, 0.717) is 5.92 Å². The van der Waals surface area contributed by atoms with Crippen molar-refractivity contribution < 1.29 is 9.84 Å². The predicted molar refractivity (Wildman–Crippen MR) is 60.4 cm³/mol. The summed E-state index contributed by atoms with van der Waals surface area (Å²) < 4.78 is 4.99. The van der Waals surface area contributed by atoms with Crippen molar-refractivity contribution in [1.29, 1.82) is 0 Å². The zero-order chi connectivity index (χ0) is 10.8. The van der Waals surface area contributed by atoms with Gasteiger partial charge < -0.3 is 9.84 Å². The van der Waals surface area contributed by atoms with Gasteiger partial charge in [0, 0.05) is 13.7 Å². The molecule has 0 saturated heterocycles. The Morgan fingerprint density at radius 3 is 2.43 bits per heavy atom. The fourth-order valence-corrected chi connectivity index (χ4v) is 1.56. The van der Waals surface area contributed by atoms with E-state index in [1.54, 1.807) is 7.11 Å². The normalized spacial score (nSPS) is 15.4. The summed E-state index contributed by atoms with van der Waals surface area (Å²) in [6.07, 6.45) is 6.74. The summed E-state index contributed by atoms with van der Waals surface area (Å²) in [5.41, 5.74) is 0. The molecule has 0 aliphatic carbocycles. The lowest BCUT2D eigenvalue weighted by Gasteiger charge is -2.18. The van der Waals surface area contributed by atoms with Gasteiger partial charge in [-0.3, -0.25) is 0 Å². The minimum absolute atomic E-state index is 0.137. The minimum Gasteiger partial charge on any atom is -0.393 e. The van der Waals surface area contributed by atoms with E-state index in [4.69, 9.17) is 4.74 Å². The molecule has 0 aromatic carbocycles. The van der Waals surface area contributed by atoms with Crippen LogP contribution in [0.1, 0.15) is 52.4 Å². The van der Waals surface area contributed by atoms with Crippen molar-refractivity contribution in [3.05, 3.63) is 0 Å². The molecule has 1 N–H and O–H groups in total. The summed E-state index contributed by atoms with van der Waals surface area (Å²) >= 11 is 0. The lowest BCUT2D eigenvalue weighted by molar-refractivity contribution is 0.0798. The number of methoxy groups -OCH3 is 1. The van der Waals surface area contributed by atoms with Crippen LogP contribution in [0.25, 0.3) is 0 Å². The van der Waals surface area contributed by atoms with Crippen LogP contribution in [0.5, 0.6) is 0 Å². The molecule has 0 aliphatic heterocycles. The van der Waals surface area contributed by atoms with Gasteiger partial charge in [0.15, 0.2) is 0 Å². The largest absolute Gasteiger partial charge is 0.393 e. The summed E-state index contributed by atoms with van der Waals surface area (Å²) in [4.78, 5) is 0. The van der Waals surface area contributed by atoms with Gasteiger partial charge in [-0.25, -0.2) is 0 Å². The first-order chi connectivity index (χ1) is 6.72. The number of hydrogen-bond donors (Lipinski definition) is 1. The van der Waals surface area contributed by atoms with E-state index in [1.165, 1.54) is 19.3 Å². The molecular weight excluding hydrogens is 176 g/mol. The third kappa shape index (κ3) is 7.34. The van der Waals surface area contributed by atoms with Crippen molar-refractivity contribution in [3.8, 4) is 0 Å². The fraction of sp³-hybridized carbons (Fsp3) is 1.00. The highest BCUT2D eigenvalue weighted by Crippen LogP contribution is 2.15. The minimum atomic E-state index is -0.137. The monoisotopic (exact) mass is 202 g/mol. The zero-order valence-corrected chi connectivity index (χ0v) is 9.96. The van der Waals surface area contributed by atoms with Crippen LogP contribution in [-0.2, 0) is 4.74 Å². The number of aliphatic hydroxyl groups is 1. The van der Waals surface area contributed by atoms with Crippen molar-refractivity contribution in [2.24, 2.45) is 5.92 Å². The summed E-state index contributed by atoms with van der Waals surface area (Å²) in [6.45, 7) is 5.06.